The average molecular weight is 722 g/mol. The van der Waals surface area contributed by atoms with Crippen molar-refractivity contribution in [2.75, 3.05) is 97.8 Å². The van der Waals surface area contributed by atoms with Crippen LogP contribution < -0.4 is 5.32 Å². The van der Waals surface area contributed by atoms with Gasteiger partial charge in [-0.1, -0.05) is 12.1 Å². The number of hydrogen-bond acceptors (Lipinski definition) is 13. The quantitative estimate of drug-likeness (QED) is 0.0820. The predicted molar refractivity (Wildman–Crippen MR) is 196 cm³/mol. The summed E-state index contributed by atoms with van der Waals surface area (Å²) >= 11 is 0. The first-order valence-corrected chi connectivity index (χ1v) is 17.9. The van der Waals surface area contributed by atoms with Gasteiger partial charge < -0.3 is 63.3 Å². The van der Waals surface area contributed by atoms with Crippen molar-refractivity contribution in [2.24, 2.45) is 0 Å². The smallest absolute Gasteiger partial charge is 0.106 e. The van der Waals surface area contributed by atoms with Crippen molar-refractivity contribution < 1.29 is 58.0 Å². The Labute approximate surface area is 302 Å². The van der Waals surface area contributed by atoms with E-state index in [1.807, 2.05) is 41.4 Å². The molecule has 13 heteroatoms. The van der Waals surface area contributed by atoms with Gasteiger partial charge in [0, 0.05) is 18.8 Å². The number of aryl methyl sites for hydroxylation is 1. The molecule has 296 valence electrons. The zero-order chi connectivity index (χ0) is 37.8. The van der Waals surface area contributed by atoms with Gasteiger partial charge in [-0.25, -0.2) is 0 Å². The second-order valence-electron chi connectivity index (χ2n) is 12.1. The molecule has 1 aromatic carbocycles. The van der Waals surface area contributed by atoms with Crippen LogP contribution >= 0.6 is 0 Å². The Hall–Kier alpha value is -1.75. The van der Waals surface area contributed by atoms with Crippen LogP contribution in [-0.4, -0.2) is 151 Å². The van der Waals surface area contributed by atoms with Crippen molar-refractivity contribution in [3.05, 3.63) is 29.8 Å². The van der Waals surface area contributed by atoms with Crippen molar-refractivity contribution in [3.8, 4) is 0 Å². The summed E-state index contributed by atoms with van der Waals surface area (Å²) in [5, 5.41) is 29.3. The third-order valence-electron chi connectivity index (χ3n) is 6.85. The molecule has 0 amide bonds. The van der Waals surface area contributed by atoms with E-state index in [9.17, 15) is 0 Å². The van der Waals surface area contributed by atoms with Gasteiger partial charge in [-0.05, 0) is 85.4 Å². The standard InChI is InChI=1S/C21H37NO5.C15H32O6.CH2O/c1-17-6-5-7-21(14-17)22-9-8-18(2)26-16-20(4)27-15-19(3)25-13-12-24-11-10-23;1-13(21-12-15(3)20-10-7-17)5-4-8-18-11-14(2)19-9-6-16;1-2/h5-7,14,18-20,22-23H,8-13,15-16H2,1-4H3;13-17H,4-12H2,1-3H3;1H2. The summed E-state index contributed by atoms with van der Waals surface area (Å²) in [4.78, 5) is 8.00. The SMILES string of the molecule is C=O.CC(CCCOCC(C)OCCO)OCC(C)OCCO.Cc1cccc(NCCC(C)OCC(C)OCC(C)OCCOCCO)c1. The Bertz CT molecular complexity index is 839. The predicted octanol–water partition coefficient (Wildman–Crippen LogP) is 3.82. The first-order chi connectivity index (χ1) is 24.1. The van der Waals surface area contributed by atoms with Crippen LogP contribution in [0, 0.1) is 6.92 Å². The summed E-state index contributed by atoms with van der Waals surface area (Å²) in [6, 6.07) is 8.37. The normalized spacial score (nSPS) is 14.7. The van der Waals surface area contributed by atoms with Crippen molar-refractivity contribution in [1.29, 1.82) is 0 Å². The molecule has 6 atom stereocenters. The van der Waals surface area contributed by atoms with Gasteiger partial charge in [-0.15, -0.1) is 0 Å². The third-order valence-corrected chi connectivity index (χ3v) is 6.85. The van der Waals surface area contributed by atoms with E-state index < -0.39 is 0 Å². The van der Waals surface area contributed by atoms with Crippen molar-refractivity contribution in [2.45, 2.75) is 104 Å². The largest absolute Gasteiger partial charge is 0.394 e. The van der Waals surface area contributed by atoms with E-state index in [2.05, 4.69) is 43.4 Å². The molecule has 0 aromatic heterocycles. The summed E-state index contributed by atoms with van der Waals surface area (Å²) in [6.07, 6.45) is 3.17. The minimum absolute atomic E-state index is 0.000346. The highest BCUT2D eigenvalue weighted by molar-refractivity contribution is 5.45. The molecule has 0 saturated carbocycles. The minimum atomic E-state index is 0.000346. The average Bonchev–Trinajstić information content (AvgIpc) is 3.11. The lowest BCUT2D eigenvalue weighted by molar-refractivity contribution is -0.0980. The maximum Gasteiger partial charge on any atom is 0.106 e. The first kappa shape index (κ1) is 50.4. The Kier molecular flexibility index (Phi) is 37.3. The number of aliphatic hydroxyl groups excluding tert-OH is 3. The van der Waals surface area contributed by atoms with E-state index in [1.54, 1.807) is 0 Å². The zero-order valence-electron chi connectivity index (χ0n) is 32.0. The highest BCUT2D eigenvalue weighted by Crippen LogP contribution is 2.10. The molecule has 1 aromatic rings. The van der Waals surface area contributed by atoms with Crippen LogP contribution in [0.25, 0.3) is 0 Å². The van der Waals surface area contributed by atoms with Gasteiger partial charge in [0.05, 0.1) is 116 Å². The molecule has 0 aliphatic rings. The molecule has 0 bridgehead atoms. The molecule has 1 rings (SSSR count). The third kappa shape index (κ3) is 34.7. The van der Waals surface area contributed by atoms with Gasteiger partial charge in [0.25, 0.3) is 0 Å². The first-order valence-electron chi connectivity index (χ1n) is 17.9. The topological polar surface area (TPSA) is 164 Å². The van der Waals surface area contributed by atoms with Crippen LogP contribution in [0.1, 0.15) is 66.4 Å². The lowest BCUT2D eigenvalue weighted by Gasteiger charge is -2.20. The van der Waals surface area contributed by atoms with Gasteiger partial charge >= 0.3 is 0 Å². The number of rotatable bonds is 31. The molecule has 0 aliphatic carbocycles. The Morgan fingerprint density at radius 2 is 1.08 bits per heavy atom. The Morgan fingerprint density at radius 1 is 0.580 bits per heavy atom. The van der Waals surface area contributed by atoms with Gasteiger partial charge in [0.1, 0.15) is 6.79 Å². The van der Waals surface area contributed by atoms with Gasteiger partial charge in [0.15, 0.2) is 0 Å². The number of carbonyl (C=O) groups is 1. The second kappa shape index (κ2) is 37.0. The Balaban J connectivity index is 0. The molecule has 6 unspecified atom stereocenters. The maximum atomic E-state index is 8.64. The van der Waals surface area contributed by atoms with Crippen molar-refractivity contribution in [3.63, 3.8) is 0 Å². The molecule has 0 fully saturated rings. The molecule has 0 spiro atoms. The van der Waals surface area contributed by atoms with Crippen LogP contribution in [0.15, 0.2) is 24.3 Å². The highest BCUT2D eigenvalue weighted by atomic mass is 16.6. The van der Waals surface area contributed by atoms with Crippen molar-refractivity contribution >= 4 is 12.5 Å². The summed E-state index contributed by atoms with van der Waals surface area (Å²) in [7, 11) is 0. The molecule has 50 heavy (non-hydrogen) atoms. The lowest BCUT2D eigenvalue weighted by atomic mass is 10.2. The van der Waals surface area contributed by atoms with E-state index in [0.29, 0.717) is 66.1 Å². The fraction of sp³-hybridized carbons (Fsp3) is 0.811. The number of ether oxygens (including phenoxy) is 8. The molecular formula is C37H71NO12. The summed E-state index contributed by atoms with van der Waals surface area (Å²) in [5.41, 5.74) is 2.40. The van der Waals surface area contributed by atoms with E-state index >= 15 is 0 Å². The molecular weight excluding hydrogens is 650 g/mol. The summed E-state index contributed by atoms with van der Waals surface area (Å²) in [6.45, 7) is 21.9. The number of benzene rings is 1. The second-order valence-corrected chi connectivity index (χ2v) is 12.1. The number of carbonyl (C=O) groups excluding carboxylic acids is 1. The van der Waals surface area contributed by atoms with E-state index in [0.717, 1.165) is 31.5 Å². The van der Waals surface area contributed by atoms with Gasteiger partial charge in [0.2, 0.25) is 0 Å². The number of aliphatic hydroxyl groups is 3. The fourth-order valence-electron chi connectivity index (χ4n) is 4.14. The van der Waals surface area contributed by atoms with Crippen molar-refractivity contribution in [1.82, 2.24) is 0 Å². The fourth-order valence-corrected chi connectivity index (χ4v) is 4.14. The molecule has 0 radical (unpaired) electrons. The van der Waals surface area contributed by atoms with Gasteiger partial charge in [-0.3, -0.25) is 0 Å². The van der Waals surface area contributed by atoms with E-state index in [1.165, 1.54) is 5.56 Å². The molecule has 0 aliphatic heterocycles. The number of nitrogens with one attached hydrogen (secondary N) is 1. The summed E-state index contributed by atoms with van der Waals surface area (Å²) < 4.78 is 44.2. The summed E-state index contributed by atoms with van der Waals surface area (Å²) in [5.74, 6) is 0. The van der Waals surface area contributed by atoms with Gasteiger partial charge in [-0.2, -0.15) is 0 Å². The van der Waals surface area contributed by atoms with E-state index in [4.69, 9.17) is 58.0 Å². The molecule has 13 nitrogen and oxygen atoms in total. The molecule has 0 saturated heterocycles. The zero-order valence-corrected chi connectivity index (χ0v) is 32.0. The maximum absolute atomic E-state index is 8.64. The van der Waals surface area contributed by atoms with Crippen LogP contribution in [-0.2, 0) is 42.7 Å². The van der Waals surface area contributed by atoms with Crippen LogP contribution in [0.3, 0.4) is 0 Å². The highest BCUT2D eigenvalue weighted by Gasteiger charge is 2.11. The van der Waals surface area contributed by atoms with Crippen LogP contribution in [0.4, 0.5) is 5.69 Å². The van der Waals surface area contributed by atoms with Crippen LogP contribution in [0.2, 0.25) is 0 Å². The molecule has 0 heterocycles. The Morgan fingerprint density at radius 3 is 1.64 bits per heavy atom. The minimum Gasteiger partial charge on any atom is -0.394 e. The number of hydrogen-bond donors (Lipinski definition) is 4. The van der Waals surface area contributed by atoms with Crippen LogP contribution in [0.5, 0.6) is 0 Å². The van der Waals surface area contributed by atoms with E-state index in [-0.39, 0.29) is 56.4 Å². The monoisotopic (exact) mass is 721 g/mol. The molecule has 4 N–H and O–H groups in total. The number of anilines is 1. The lowest BCUT2D eigenvalue weighted by Crippen LogP contribution is -2.26.